The number of aliphatic hydroxyl groups excluding tert-OH is 1. The number of imidazole rings is 1. The zero-order chi connectivity index (χ0) is 29.3. The van der Waals surface area contributed by atoms with Gasteiger partial charge in [0.2, 0.25) is 0 Å². The van der Waals surface area contributed by atoms with Crippen LogP contribution in [0.1, 0.15) is 28.6 Å². The molecule has 0 bridgehead atoms. The fourth-order valence-electron chi connectivity index (χ4n) is 5.50. The molecule has 1 aliphatic heterocycles. The van der Waals surface area contributed by atoms with Crippen molar-refractivity contribution in [1.29, 1.82) is 0 Å². The van der Waals surface area contributed by atoms with E-state index in [1.54, 1.807) is 21.1 Å². The number of fused-ring (bicyclic) bond motifs is 1. The smallest absolute Gasteiger partial charge is 0.173 e. The van der Waals surface area contributed by atoms with E-state index in [0.717, 1.165) is 16.7 Å². The van der Waals surface area contributed by atoms with Gasteiger partial charge in [-0.2, -0.15) is 0 Å². The quantitative estimate of drug-likeness (QED) is 0.253. The third kappa shape index (κ3) is 4.77. The van der Waals surface area contributed by atoms with Gasteiger partial charge in [-0.15, -0.1) is 0 Å². The topological polar surface area (TPSA) is 101 Å². The fourth-order valence-corrected chi connectivity index (χ4v) is 5.50. The van der Waals surface area contributed by atoms with Gasteiger partial charge in [-0.05, 0) is 47.9 Å². The number of rotatable bonds is 9. The molecular weight excluding hydrogens is 539 g/mol. The molecule has 3 heterocycles. The molecule has 42 heavy (non-hydrogen) atoms. The number of methoxy groups -OCH3 is 2. The maximum atomic E-state index is 15.6. The third-order valence-electron chi connectivity index (χ3n) is 7.75. The minimum absolute atomic E-state index is 0.119. The highest BCUT2D eigenvalue weighted by Gasteiger charge is 2.48. The van der Waals surface area contributed by atoms with Crippen LogP contribution in [0.15, 0.2) is 91.5 Å². The van der Waals surface area contributed by atoms with Crippen LogP contribution in [-0.4, -0.2) is 63.8 Å². The summed E-state index contributed by atoms with van der Waals surface area (Å²) in [6.07, 6.45) is -2.45. The van der Waals surface area contributed by atoms with Crippen molar-refractivity contribution in [2.24, 2.45) is 0 Å². The standard InChI is InChI=1S/C32H31FN4O5/c1-20-28-30(35-18-34-20)37(19-36-28)31-27(33)29(38)26(42-31)17-41-32(21-7-5-4-6-8-21,22-9-13-24(39-2)14-10-22)23-11-15-25(40-3)16-12-23/h4-16,18-19,26-27,29,31,38H,17H2,1-3H3/t26-,27-,29-,31-/m1/s1. The molecule has 1 aliphatic rings. The Morgan fingerprint density at radius 2 is 1.45 bits per heavy atom. The molecule has 3 aromatic carbocycles. The van der Waals surface area contributed by atoms with Crippen molar-refractivity contribution in [3.63, 3.8) is 0 Å². The lowest BCUT2D eigenvalue weighted by Crippen LogP contribution is -2.39. The summed E-state index contributed by atoms with van der Waals surface area (Å²) >= 11 is 0. The summed E-state index contributed by atoms with van der Waals surface area (Å²) in [4.78, 5) is 12.8. The van der Waals surface area contributed by atoms with Gasteiger partial charge in [-0.3, -0.25) is 4.57 Å². The Balaban J connectivity index is 1.39. The highest BCUT2D eigenvalue weighted by Crippen LogP contribution is 2.43. The van der Waals surface area contributed by atoms with E-state index in [0.29, 0.717) is 28.4 Å². The Kier molecular flexibility index (Phi) is 7.59. The van der Waals surface area contributed by atoms with E-state index in [1.807, 2.05) is 78.9 Å². The Morgan fingerprint density at radius 3 is 2.05 bits per heavy atom. The van der Waals surface area contributed by atoms with Crippen molar-refractivity contribution in [3.05, 3.63) is 114 Å². The lowest BCUT2D eigenvalue weighted by molar-refractivity contribution is -0.0935. The SMILES string of the molecule is COc1ccc(C(OC[C@H]2O[C@@H](n3cnc4c(C)ncnc43)[C@H](F)[C@@H]2O)(c2ccccc2)c2ccc(OC)cc2)cc1. The Bertz CT molecular complexity index is 1600. The van der Waals surface area contributed by atoms with Gasteiger partial charge in [0.25, 0.3) is 0 Å². The Hall–Kier alpha value is -4.38. The van der Waals surface area contributed by atoms with E-state index in [9.17, 15) is 5.11 Å². The molecule has 5 aromatic rings. The Morgan fingerprint density at radius 1 is 0.857 bits per heavy atom. The van der Waals surface area contributed by atoms with Gasteiger partial charge >= 0.3 is 0 Å². The molecule has 0 spiro atoms. The number of hydrogen-bond acceptors (Lipinski definition) is 8. The zero-order valence-electron chi connectivity index (χ0n) is 23.4. The Labute approximate surface area is 242 Å². The van der Waals surface area contributed by atoms with E-state index in [4.69, 9.17) is 18.9 Å². The first-order valence-corrected chi connectivity index (χ1v) is 13.6. The highest BCUT2D eigenvalue weighted by atomic mass is 19.1. The third-order valence-corrected chi connectivity index (χ3v) is 7.75. The van der Waals surface area contributed by atoms with E-state index < -0.39 is 30.2 Å². The molecule has 1 N–H and O–H groups in total. The summed E-state index contributed by atoms with van der Waals surface area (Å²) in [6, 6.07) is 24.9. The van der Waals surface area contributed by atoms with Gasteiger partial charge in [0, 0.05) is 0 Å². The van der Waals surface area contributed by atoms with Gasteiger partial charge < -0.3 is 24.1 Å². The number of ether oxygens (including phenoxy) is 4. The first-order chi connectivity index (χ1) is 20.5. The van der Waals surface area contributed by atoms with E-state index >= 15 is 4.39 Å². The summed E-state index contributed by atoms with van der Waals surface area (Å²) in [6.45, 7) is 1.68. The van der Waals surface area contributed by atoms with Crippen LogP contribution in [0, 0.1) is 6.92 Å². The second-order valence-corrected chi connectivity index (χ2v) is 10.1. The number of alkyl halides is 1. The molecule has 0 unspecified atom stereocenters. The molecule has 4 atom stereocenters. The van der Waals surface area contributed by atoms with Crippen LogP contribution in [-0.2, 0) is 15.1 Å². The number of benzene rings is 3. The largest absolute Gasteiger partial charge is 0.497 e. The normalized spacial score (nSPS) is 20.6. The van der Waals surface area contributed by atoms with Crippen LogP contribution >= 0.6 is 0 Å². The van der Waals surface area contributed by atoms with Gasteiger partial charge in [-0.1, -0.05) is 54.6 Å². The van der Waals surface area contributed by atoms with Crippen LogP contribution in [0.5, 0.6) is 11.5 Å². The van der Waals surface area contributed by atoms with E-state index in [-0.39, 0.29) is 6.61 Å². The van der Waals surface area contributed by atoms with Gasteiger partial charge in [0.1, 0.15) is 41.2 Å². The molecule has 6 rings (SSSR count). The molecule has 0 saturated carbocycles. The van der Waals surface area contributed by atoms with Crippen LogP contribution in [0.2, 0.25) is 0 Å². The zero-order valence-corrected chi connectivity index (χ0v) is 23.4. The second-order valence-electron chi connectivity index (χ2n) is 10.1. The van der Waals surface area contributed by atoms with Gasteiger partial charge in [-0.25, -0.2) is 19.3 Å². The molecular formula is C32H31FN4O5. The molecule has 9 nitrogen and oxygen atoms in total. The summed E-state index contributed by atoms with van der Waals surface area (Å²) in [7, 11) is 3.22. The van der Waals surface area contributed by atoms with Crippen LogP contribution < -0.4 is 9.47 Å². The average molecular weight is 571 g/mol. The molecule has 216 valence electrons. The summed E-state index contributed by atoms with van der Waals surface area (Å²) < 4.78 is 40.9. The number of hydrogen-bond donors (Lipinski definition) is 1. The van der Waals surface area contributed by atoms with Gasteiger partial charge in [0.05, 0.1) is 32.8 Å². The first-order valence-electron chi connectivity index (χ1n) is 13.6. The minimum Gasteiger partial charge on any atom is -0.497 e. The van der Waals surface area contributed by atoms with Crippen LogP contribution in [0.3, 0.4) is 0 Å². The molecule has 0 amide bonds. The van der Waals surface area contributed by atoms with Crippen molar-refractivity contribution in [2.75, 3.05) is 20.8 Å². The number of nitrogens with zero attached hydrogens (tertiary/aromatic N) is 4. The summed E-state index contributed by atoms with van der Waals surface area (Å²) in [5.74, 6) is 1.39. The lowest BCUT2D eigenvalue weighted by atomic mass is 9.80. The fraction of sp³-hybridized carbons (Fsp3) is 0.281. The van der Waals surface area contributed by atoms with Crippen molar-refractivity contribution in [1.82, 2.24) is 19.5 Å². The predicted molar refractivity (Wildman–Crippen MR) is 153 cm³/mol. The van der Waals surface area contributed by atoms with Gasteiger partial charge in [0.15, 0.2) is 18.0 Å². The summed E-state index contributed by atoms with van der Waals surface area (Å²) in [5, 5.41) is 11.0. The number of aromatic nitrogens is 4. The lowest BCUT2D eigenvalue weighted by Gasteiger charge is -2.37. The minimum atomic E-state index is -1.74. The first kappa shape index (κ1) is 27.8. The van der Waals surface area contributed by atoms with Crippen LogP contribution in [0.25, 0.3) is 11.2 Å². The predicted octanol–water partition coefficient (Wildman–Crippen LogP) is 4.76. The van der Waals surface area contributed by atoms with Crippen molar-refractivity contribution >= 4 is 11.2 Å². The van der Waals surface area contributed by atoms with Crippen molar-refractivity contribution in [3.8, 4) is 11.5 Å². The van der Waals surface area contributed by atoms with E-state index in [2.05, 4.69) is 15.0 Å². The van der Waals surface area contributed by atoms with Crippen molar-refractivity contribution < 1.29 is 28.4 Å². The van der Waals surface area contributed by atoms with Crippen molar-refractivity contribution in [2.45, 2.75) is 37.1 Å². The number of aliphatic hydroxyl groups is 1. The molecule has 0 radical (unpaired) electrons. The molecule has 0 aliphatic carbocycles. The average Bonchev–Trinajstić information content (AvgIpc) is 3.59. The maximum Gasteiger partial charge on any atom is 0.173 e. The second kappa shape index (κ2) is 11.5. The number of halogens is 1. The molecule has 10 heteroatoms. The van der Waals surface area contributed by atoms with E-state index in [1.165, 1.54) is 17.2 Å². The monoisotopic (exact) mass is 570 g/mol. The maximum absolute atomic E-state index is 15.6. The molecule has 2 aromatic heterocycles. The molecule has 1 saturated heterocycles. The molecule has 1 fully saturated rings. The highest BCUT2D eigenvalue weighted by molar-refractivity contribution is 5.72. The summed E-state index contributed by atoms with van der Waals surface area (Å²) in [5.41, 5.74) is 2.97. The number of aryl methyl sites for hydroxylation is 1. The van der Waals surface area contributed by atoms with Crippen LogP contribution in [0.4, 0.5) is 4.39 Å².